The minimum absolute atomic E-state index is 0.201. The Balaban J connectivity index is 2.57. The molecule has 1 aromatic heterocycles. The second kappa shape index (κ2) is 6.71. The van der Waals surface area contributed by atoms with E-state index in [1.165, 1.54) is 7.11 Å². The van der Waals surface area contributed by atoms with Gasteiger partial charge in [-0.2, -0.15) is 0 Å². The maximum absolute atomic E-state index is 11.6. The van der Waals surface area contributed by atoms with Crippen molar-refractivity contribution < 1.29 is 9.53 Å². The molecule has 17 heavy (non-hydrogen) atoms. The van der Waals surface area contributed by atoms with Gasteiger partial charge in [-0.25, -0.2) is 4.98 Å². The normalized spacial score (nSPS) is 14.4. The molecule has 2 unspecified atom stereocenters. The highest BCUT2D eigenvalue weighted by Crippen LogP contribution is 2.12. The summed E-state index contributed by atoms with van der Waals surface area (Å²) >= 11 is 1.60. The van der Waals surface area contributed by atoms with Crippen LogP contribution < -0.4 is 5.32 Å². The maximum atomic E-state index is 11.6. The highest BCUT2D eigenvalue weighted by Gasteiger charge is 2.24. The first-order chi connectivity index (χ1) is 8.08. The fourth-order valence-electron chi connectivity index (χ4n) is 1.56. The molecule has 0 amide bonds. The molecular weight excluding hydrogens is 236 g/mol. The van der Waals surface area contributed by atoms with Gasteiger partial charge in [0, 0.05) is 17.6 Å². The topological polar surface area (TPSA) is 51.2 Å². The summed E-state index contributed by atoms with van der Waals surface area (Å²) in [4.78, 5) is 16.0. The van der Waals surface area contributed by atoms with Gasteiger partial charge in [0.1, 0.15) is 11.0 Å². The number of carbonyl (C=O) groups is 1. The summed E-state index contributed by atoms with van der Waals surface area (Å²) in [6, 6.07) is -0.255. The molecule has 4 nitrogen and oxygen atoms in total. The first-order valence-corrected chi connectivity index (χ1v) is 6.68. The van der Waals surface area contributed by atoms with Crippen molar-refractivity contribution in [2.75, 3.05) is 7.11 Å². The molecule has 0 aliphatic carbocycles. The molecule has 1 aromatic rings. The van der Waals surface area contributed by atoms with E-state index in [1.54, 1.807) is 11.3 Å². The number of esters is 1. The van der Waals surface area contributed by atoms with Gasteiger partial charge in [0.2, 0.25) is 0 Å². The average Bonchev–Trinajstić information content (AvgIpc) is 2.74. The number of carbonyl (C=O) groups excluding carboxylic acids is 1. The summed E-state index contributed by atoms with van der Waals surface area (Å²) in [5.74, 6) is 0.0520. The smallest absolute Gasteiger partial charge is 0.323 e. The van der Waals surface area contributed by atoms with Crippen molar-refractivity contribution in [3.05, 3.63) is 16.1 Å². The maximum Gasteiger partial charge on any atom is 0.323 e. The van der Waals surface area contributed by atoms with Crippen LogP contribution in [0.15, 0.2) is 5.38 Å². The van der Waals surface area contributed by atoms with E-state index < -0.39 is 0 Å². The fourth-order valence-corrected chi connectivity index (χ4v) is 2.28. The lowest BCUT2D eigenvalue weighted by Crippen LogP contribution is -2.42. The second-order valence-corrected chi connectivity index (χ2v) is 5.09. The zero-order valence-corrected chi connectivity index (χ0v) is 11.6. The van der Waals surface area contributed by atoms with Crippen molar-refractivity contribution in [3.8, 4) is 0 Å². The van der Waals surface area contributed by atoms with Crippen LogP contribution in [-0.4, -0.2) is 24.1 Å². The molecule has 96 valence electrons. The number of hydrogen-bond donors (Lipinski definition) is 1. The lowest BCUT2D eigenvalue weighted by molar-refractivity contribution is -0.144. The molecule has 0 aliphatic rings. The Morgan fingerprint density at radius 2 is 2.35 bits per heavy atom. The Labute approximate surface area is 106 Å². The van der Waals surface area contributed by atoms with Crippen LogP contribution in [-0.2, 0) is 16.1 Å². The first-order valence-electron chi connectivity index (χ1n) is 5.80. The molecule has 1 N–H and O–H groups in total. The third kappa shape index (κ3) is 4.09. The number of ether oxygens (including phenoxy) is 1. The number of methoxy groups -OCH3 is 1. The molecule has 0 saturated heterocycles. The molecule has 5 heteroatoms. The van der Waals surface area contributed by atoms with Gasteiger partial charge in [-0.15, -0.1) is 11.3 Å². The van der Waals surface area contributed by atoms with Crippen molar-refractivity contribution >= 4 is 17.3 Å². The van der Waals surface area contributed by atoms with Gasteiger partial charge in [0.05, 0.1) is 7.11 Å². The van der Waals surface area contributed by atoms with Crippen LogP contribution in [0.2, 0.25) is 0 Å². The number of aromatic nitrogens is 1. The quantitative estimate of drug-likeness (QED) is 0.792. The van der Waals surface area contributed by atoms with Gasteiger partial charge >= 0.3 is 5.97 Å². The number of nitrogens with one attached hydrogen (secondary N) is 1. The van der Waals surface area contributed by atoms with Crippen molar-refractivity contribution in [3.63, 3.8) is 0 Å². The summed E-state index contributed by atoms with van der Waals surface area (Å²) in [6.07, 6.45) is 0.934. The van der Waals surface area contributed by atoms with Gasteiger partial charge in [0.15, 0.2) is 0 Å². The largest absolute Gasteiger partial charge is 0.468 e. The number of rotatable bonds is 6. The third-order valence-corrected chi connectivity index (χ3v) is 3.77. The molecule has 0 radical (unpaired) electrons. The highest BCUT2D eigenvalue weighted by atomic mass is 32.1. The average molecular weight is 256 g/mol. The Hall–Kier alpha value is -0.940. The molecule has 0 aliphatic heterocycles. The molecule has 0 saturated carbocycles. The van der Waals surface area contributed by atoms with E-state index in [0.717, 1.165) is 17.1 Å². The highest BCUT2D eigenvalue weighted by molar-refractivity contribution is 7.09. The van der Waals surface area contributed by atoms with Gasteiger partial charge < -0.3 is 4.74 Å². The van der Waals surface area contributed by atoms with E-state index in [4.69, 9.17) is 4.74 Å². The Kier molecular flexibility index (Phi) is 5.58. The molecule has 2 atom stereocenters. The van der Waals surface area contributed by atoms with Crippen molar-refractivity contribution in [2.24, 2.45) is 5.92 Å². The number of nitrogens with zero attached hydrogens (tertiary/aromatic N) is 1. The minimum Gasteiger partial charge on any atom is -0.468 e. The van der Waals surface area contributed by atoms with Crippen LogP contribution in [0.25, 0.3) is 0 Å². The minimum atomic E-state index is -0.255. The summed E-state index contributed by atoms with van der Waals surface area (Å²) < 4.78 is 4.81. The van der Waals surface area contributed by atoms with Crippen molar-refractivity contribution in [1.82, 2.24) is 10.3 Å². The number of thiazole rings is 1. The van der Waals surface area contributed by atoms with Crippen LogP contribution in [0.1, 0.15) is 31.0 Å². The van der Waals surface area contributed by atoms with Gasteiger partial charge in [0.25, 0.3) is 0 Å². The Morgan fingerprint density at radius 3 is 2.82 bits per heavy atom. The van der Waals surface area contributed by atoms with Crippen LogP contribution in [0, 0.1) is 12.8 Å². The monoisotopic (exact) mass is 256 g/mol. The predicted molar refractivity (Wildman–Crippen MR) is 68.9 cm³/mol. The molecular formula is C12H20N2O2S. The molecule has 0 aromatic carbocycles. The molecule has 1 rings (SSSR count). The van der Waals surface area contributed by atoms with Crippen LogP contribution in [0.3, 0.4) is 0 Å². The van der Waals surface area contributed by atoms with E-state index in [2.05, 4.69) is 17.2 Å². The van der Waals surface area contributed by atoms with E-state index >= 15 is 0 Å². The lowest BCUT2D eigenvalue weighted by atomic mass is 9.99. The van der Waals surface area contributed by atoms with E-state index in [1.807, 2.05) is 19.2 Å². The Morgan fingerprint density at radius 1 is 1.65 bits per heavy atom. The van der Waals surface area contributed by atoms with Crippen molar-refractivity contribution in [1.29, 1.82) is 0 Å². The molecule has 1 heterocycles. The van der Waals surface area contributed by atoms with Crippen LogP contribution >= 0.6 is 11.3 Å². The SMILES string of the molecule is CCC(C)C(NCc1nc(C)cs1)C(=O)OC. The summed E-state index contributed by atoms with van der Waals surface area (Å²) in [7, 11) is 1.42. The Bertz CT molecular complexity index is 365. The molecule has 0 spiro atoms. The second-order valence-electron chi connectivity index (χ2n) is 4.15. The number of hydrogen-bond acceptors (Lipinski definition) is 5. The van der Waals surface area contributed by atoms with E-state index in [9.17, 15) is 4.79 Å². The third-order valence-electron chi connectivity index (χ3n) is 2.81. The molecule has 0 fully saturated rings. The summed E-state index contributed by atoms with van der Waals surface area (Å²) in [5, 5.41) is 6.23. The van der Waals surface area contributed by atoms with E-state index in [0.29, 0.717) is 6.54 Å². The summed E-state index contributed by atoms with van der Waals surface area (Å²) in [5.41, 5.74) is 1.02. The standard InChI is InChI=1S/C12H20N2O2S/c1-5-8(2)11(12(15)16-4)13-6-10-14-9(3)7-17-10/h7-8,11,13H,5-6H2,1-4H3. The van der Waals surface area contributed by atoms with Crippen LogP contribution in [0.5, 0.6) is 0 Å². The first kappa shape index (κ1) is 14.1. The van der Waals surface area contributed by atoms with Crippen molar-refractivity contribution in [2.45, 2.75) is 39.8 Å². The number of aryl methyl sites for hydroxylation is 1. The fraction of sp³-hybridized carbons (Fsp3) is 0.667. The zero-order chi connectivity index (χ0) is 12.8. The van der Waals surface area contributed by atoms with E-state index in [-0.39, 0.29) is 17.9 Å². The van der Waals surface area contributed by atoms with Crippen LogP contribution in [0.4, 0.5) is 0 Å². The van der Waals surface area contributed by atoms with Gasteiger partial charge in [-0.1, -0.05) is 20.3 Å². The zero-order valence-electron chi connectivity index (χ0n) is 10.8. The van der Waals surface area contributed by atoms with Gasteiger partial charge in [-0.3, -0.25) is 10.1 Å². The predicted octanol–water partition coefficient (Wildman–Crippen LogP) is 2.13. The molecule has 0 bridgehead atoms. The summed E-state index contributed by atoms with van der Waals surface area (Å²) in [6.45, 7) is 6.69. The lowest BCUT2D eigenvalue weighted by Gasteiger charge is -2.21. The van der Waals surface area contributed by atoms with Gasteiger partial charge in [-0.05, 0) is 12.8 Å².